The fraction of sp³-hybridized carbons (Fsp3) is 0.105. The molecule has 0 spiro atoms. The van der Waals surface area contributed by atoms with Crippen LogP contribution < -0.4 is 37.4 Å². The van der Waals surface area contributed by atoms with Crippen molar-refractivity contribution in [1.29, 1.82) is 0 Å². The zero-order chi connectivity index (χ0) is 20.8. The van der Waals surface area contributed by atoms with Gasteiger partial charge in [0.05, 0.1) is 10.9 Å². The molecule has 10 heteroatoms. The number of fused-ring (bicyclic) bond motifs is 1. The Morgan fingerprint density at radius 2 is 1.48 bits per heavy atom. The molecule has 0 saturated heterocycles. The van der Waals surface area contributed by atoms with Crippen molar-refractivity contribution in [3.05, 3.63) is 59.0 Å². The summed E-state index contributed by atoms with van der Waals surface area (Å²) >= 11 is 0. The zero-order valence-electron chi connectivity index (χ0n) is 15.1. The number of carbonyl (C=O) groups excluding carboxylic acids is 2. The monoisotopic (exact) mass is 398 g/mol. The highest BCUT2D eigenvalue weighted by Crippen LogP contribution is 2.24. The molecule has 1 aromatic heterocycles. The van der Waals surface area contributed by atoms with Crippen LogP contribution in [0.3, 0.4) is 0 Å². The quantitative estimate of drug-likeness (QED) is 0.249. The predicted octanol–water partition coefficient (Wildman–Crippen LogP) is 0.197. The fourth-order valence-corrected chi connectivity index (χ4v) is 2.51. The maximum Gasteiger partial charge on any atom is 0.271 e. The highest BCUT2D eigenvalue weighted by Gasteiger charge is 2.11. The van der Waals surface area contributed by atoms with Crippen LogP contribution in [0.1, 0.15) is 0 Å². The minimum absolute atomic E-state index is 0.217. The van der Waals surface area contributed by atoms with Gasteiger partial charge in [0.25, 0.3) is 11.8 Å². The van der Waals surface area contributed by atoms with Crippen LogP contribution in [0.4, 0.5) is 0 Å². The Morgan fingerprint density at radius 1 is 0.897 bits per heavy atom. The molecule has 1 heterocycles. The van der Waals surface area contributed by atoms with E-state index in [2.05, 4.69) is 0 Å². The van der Waals surface area contributed by atoms with E-state index in [0.717, 1.165) is 0 Å². The predicted molar refractivity (Wildman–Crippen MR) is 104 cm³/mol. The van der Waals surface area contributed by atoms with Crippen LogP contribution in [0.2, 0.25) is 0 Å². The average Bonchev–Trinajstić information content (AvgIpc) is 2.76. The van der Waals surface area contributed by atoms with Crippen LogP contribution in [0.25, 0.3) is 22.1 Å². The second kappa shape index (κ2) is 8.87. The number of hydrazine groups is 2. The molecule has 29 heavy (non-hydrogen) atoms. The number of benzene rings is 2. The van der Waals surface area contributed by atoms with Gasteiger partial charge in [-0.3, -0.25) is 25.2 Å². The van der Waals surface area contributed by atoms with Gasteiger partial charge in [-0.1, -0.05) is 12.1 Å². The van der Waals surface area contributed by atoms with Gasteiger partial charge >= 0.3 is 0 Å². The lowest BCUT2D eigenvalue weighted by Gasteiger charge is -2.08. The number of carbonyl (C=O) groups is 2. The highest BCUT2D eigenvalue weighted by molar-refractivity contribution is 5.83. The first-order valence-corrected chi connectivity index (χ1v) is 8.42. The summed E-state index contributed by atoms with van der Waals surface area (Å²) in [4.78, 5) is 35.1. The zero-order valence-corrected chi connectivity index (χ0v) is 15.1. The molecule has 0 saturated carbocycles. The lowest BCUT2D eigenvalue weighted by Crippen LogP contribution is -2.34. The number of rotatable bonds is 7. The van der Waals surface area contributed by atoms with E-state index in [-0.39, 0.29) is 18.6 Å². The molecule has 0 fully saturated rings. The molecule has 3 rings (SSSR count). The summed E-state index contributed by atoms with van der Waals surface area (Å²) in [5.74, 6) is 9.84. The Bertz CT molecular complexity index is 1090. The summed E-state index contributed by atoms with van der Waals surface area (Å²) in [6.07, 6.45) is 1.35. The lowest BCUT2D eigenvalue weighted by molar-refractivity contribution is -0.123. The van der Waals surface area contributed by atoms with Crippen molar-refractivity contribution in [3.63, 3.8) is 0 Å². The van der Waals surface area contributed by atoms with Gasteiger partial charge in [-0.2, -0.15) is 0 Å². The number of nitrogens with two attached hydrogens (primary N) is 2. The molecule has 0 atom stereocenters. The largest absolute Gasteiger partial charge is 0.484 e. The lowest BCUT2D eigenvalue weighted by atomic mass is 10.1. The third kappa shape index (κ3) is 4.69. The van der Waals surface area contributed by atoms with E-state index in [1.165, 1.54) is 12.3 Å². The van der Waals surface area contributed by atoms with Gasteiger partial charge in [-0.25, -0.2) is 11.7 Å². The van der Waals surface area contributed by atoms with Gasteiger partial charge in [-0.05, 0) is 29.8 Å². The first kappa shape index (κ1) is 19.9. The maximum atomic E-state index is 12.8. The third-order valence-electron chi connectivity index (χ3n) is 3.97. The maximum absolute atomic E-state index is 12.8. The van der Waals surface area contributed by atoms with E-state index in [1.54, 1.807) is 36.4 Å². The van der Waals surface area contributed by atoms with Crippen molar-refractivity contribution in [2.24, 2.45) is 11.7 Å². The molecule has 3 aromatic rings. The minimum Gasteiger partial charge on any atom is -0.484 e. The summed E-state index contributed by atoms with van der Waals surface area (Å²) in [5, 5.41) is 0.359. The topological polar surface area (TPSA) is 159 Å². The SMILES string of the molecule is NNC(=O)COc1ccc(-c2coc3cc(OCC(=O)NN)ccc3c2=O)cc1. The average molecular weight is 398 g/mol. The molecule has 0 unspecified atom stereocenters. The number of amides is 2. The highest BCUT2D eigenvalue weighted by atomic mass is 16.5. The standard InChI is InChI=1S/C19H18N4O6/c20-22-17(24)9-27-12-3-1-11(2-4-12)15-8-29-16-7-13(28-10-18(25)23-21)5-6-14(16)19(15)26/h1-8H,9-10,20-21H2,(H,22,24)(H,23,25). The second-order valence-corrected chi connectivity index (χ2v) is 5.87. The molecule has 0 aliphatic carbocycles. The van der Waals surface area contributed by atoms with Crippen LogP contribution in [0.5, 0.6) is 11.5 Å². The summed E-state index contributed by atoms with van der Waals surface area (Å²) in [5.41, 5.74) is 4.99. The van der Waals surface area contributed by atoms with Crippen molar-refractivity contribution in [2.45, 2.75) is 0 Å². The number of ether oxygens (including phenoxy) is 2. The van der Waals surface area contributed by atoms with Crippen molar-refractivity contribution in [2.75, 3.05) is 13.2 Å². The molecule has 2 amide bonds. The summed E-state index contributed by atoms with van der Waals surface area (Å²) in [7, 11) is 0. The molecule has 0 radical (unpaired) electrons. The molecule has 2 aromatic carbocycles. The van der Waals surface area contributed by atoms with Gasteiger partial charge in [-0.15, -0.1) is 0 Å². The molecule has 6 N–H and O–H groups in total. The molecular formula is C19H18N4O6. The first-order chi connectivity index (χ1) is 14.0. The van der Waals surface area contributed by atoms with E-state index in [0.29, 0.717) is 33.6 Å². The number of hydrogen-bond acceptors (Lipinski definition) is 8. The number of nitrogens with one attached hydrogen (secondary N) is 2. The van der Waals surface area contributed by atoms with E-state index >= 15 is 0 Å². The Balaban J connectivity index is 1.81. The van der Waals surface area contributed by atoms with Gasteiger partial charge in [0.15, 0.2) is 18.6 Å². The van der Waals surface area contributed by atoms with Gasteiger partial charge in [0.2, 0.25) is 0 Å². The summed E-state index contributed by atoms with van der Waals surface area (Å²) in [6, 6.07) is 11.2. The fourth-order valence-electron chi connectivity index (χ4n) is 2.51. The third-order valence-corrected chi connectivity index (χ3v) is 3.97. The van der Waals surface area contributed by atoms with Crippen molar-refractivity contribution >= 4 is 22.8 Å². The Labute approximate surface area is 164 Å². The van der Waals surface area contributed by atoms with Crippen LogP contribution >= 0.6 is 0 Å². The van der Waals surface area contributed by atoms with Crippen LogP contribution in [-0.2, 0) is 9.59 Å². The van der Waals surface area contributed by atoms with Crippen LogP contribution in [-0.4, -0.2) is 25.0 Å². The molecule has 0 aliphatic rings. The molecule has 0 bridgehead atoms. The Hall–Kier alpha value is -3.89. The summed E-state index contributed by atoms with van der Waals surface area (Å²) in [6.45, 7) is -0.475. The van der Waals surface area contributed by atoms with E-state index in [1.807, 2.05) is 10.9 Å². The number of hydrogen-bond donors (Lipinski definition) is 4. The van der Waals surface area contributed by atoms with Crippen molar-refractivity contribution < 1.29 is 23.5 Å². The van der Waals surface area contributed by atoms with Crippen LogP contribution in [0, 0.1) is 0 Å². The van der Waals surface area contributed by atoms with Crippen molar-refractivity contribution in [3.8, 4) is 22.6 Å². The Kier molecular flexibility index (Phi) is 6.07. The van der Waals surface area contributed by atoms with Gasteiger partial charge in [0.1, 0.15) is 23.3 Å². The van der Waals surface area contributed by atoms with E-state index < -0.39 is 11.8 Å². The Morgan fingerprint density at radius 3 is 2.10 bits per heavy atom. The molecule has 10 nitrogen and oxygen atoms in total. The van der Waals surface area contributed by atoms with Gasteiger partial charge < -0.3 is 13.9 Å². The smallest absolute Gasteiger partial charge is 0.271 e. The second-order valence-electron chi connectivity index (χ2n) is 5.87. The molecule has 0 aliphatic heterocycles. The van der Waals surface area contributed by atoms with Gasteiger partial charge in [0, 0.05) is 6.07 Å². The molecule has 150 valence electrons. The normalized spacial score (nSPS) is 10.4. The molecular weight excluding hydrogens is 380 g/mol. The first-order valence-electron chi connectivity index (χ1n) is 8.42. The van der Waals surface area contributed by atoms with Crippen LogP contribution in [0.15, 0.2) is 57.9 Å². The van der Waals surface area contributed by atoms with Crippen molar-refractivity contribution in [1.82, 2.24) is 10.9 Å². The van der Waals surface area contributed by atoms with E-state index in [4.69, 9.17) is 25.6 Å². The van der Waals surface area contributed by atoms with E-state index in [9.17, 15) is 14.4 Å². The summed E-state index contributed by atoms with van der Waals surface area (Å²) < 4.78 is 16.1. The minimum atomic E-state index is -0.488.